The minimum Gasteiger partial charge on any atom is -0.467 e. The zero-order valence-corrected chi connectivity index (χ0v) is 13.7. The van der Waals surface area contributed by atoms with Gasteiger partial charge in [-0.3, -0.25) is 0 Å². The second kappa shape index (κ2) is 7.60. The minimum atomic E-state index is -0.997. The average molecular weight is 315 g/mol. The fourth-order valence-electron chi connectivity index (χ4n) is 1.95. The zero-order valence-electron chi connectivity index (χ0n) is 13.7. The van der Waals surface area contributed by atoms with Crippen molar-refractivity contribution in [1.82, 2.24) is 5.32 Å². The maximum absolute atomic E-state index is 11.6. The number of ether oxygens (including phenoxy) is 3. The fourth-order valence-corrected chi connectivity index (χ4v) is 1.95. The van der Waals surface area contributed by atoms with Crippen molar-refractivity contribution in [1.29, 1.82) is 0 Å². The maximum Gasteiger partial charge on any atom is 0.407 e. The van der Waals surface area contributed by atoms with E-state index >= 15 is 0 Å². The summed E-state index contributed by atoms with van der Waals surface area (Å²) in [6, 6.07) is 0. The first kappa shape index (κ1) is 18.4. The first-order chi connectivity index (χ1) is 10.1. The smallest absolute Gasteiger partial charge is 0.407 e. The zero-order chi connectivity index (χ0) is 16.9. The fraction of sp³-hybridized carbons (Fsp3) is 0.733. The Labute approximate surface area is 130 Å². The molecule has 0 unspecified atom stereocenters. The van der Waals surface area contributed by atoms with Gasteiger partial charge >= 0.3 is 12.1 Å². The van der Waals surface area contributed by atoms with Gasteiger partial charge < -0.3 is 24.6 Å². The molecule has 1 aliphatic rings. The van der Waals surface area contributed by atoms with Crippen molar-refractivity contribution in [3.63, 3.8) is 0 Å². The molecule has 0 aliphatic carbocycles. The number of carbonyl (C=O) groups is 2. The topological polar surface area (TPSA) is 94.1 Å². The monoisotopic (exact) mass is 315 g/mol. The summed E-state index contributed by atoms with van der Waals surface area (Å²) in [6.45, 7) is 7.01. The van der Waals surface area contributed by atoms with Crippen molar-refractivity contribution in [2.75, 3.05) is 13.7 Å². The summed E-state index contributed by atoms with van der Waals surface area (Å²) in [7, 11) is 1.28. The molecule has 1 aliphatic heterocycles. The van der Waals surface area contributed by atoms with Crippen molar-refractivity contribution < 1.29 is 28.9 Å². The molecule has 0 bridgehead atoms. The van der Waals surface area contributed by atoms with E-state index < -0.39 is 36.0 Å². The highest BCUT2D eigenvalue weighted by atomic mass is 16.6. The summed E-state index contributed by atoms with van der Waals surface area (Å²) in [6.07, 6.45) is 0.372. The number of hydrogen-bond acceptors (Lipinski definition) is 6. The summed E-state index contributed by atoms with van der Waals surface area (Å²) in [5.74, 6) is -0.635. The lowest BCUT2D eigenvalue weighted by molar-refractivity contribution is -0.164. The van der Waals surface area contributed by atoms with Crippen LogP contribution in [-0.2, 0) is 19.0 Å². The van der Waals surface area contributed by atoms with Gasteiger partial charge in [0.1, 0.15) is 17.8 Å². The predicted octanol–water partition coefficient (Wildman–Crippen LogP) is 1.00. The molecule has 0 aromatic carbocycles. The lowest BCUT2D eigenvalue weighted by atomic mass is 9.98. The molecule has 0 fully saturated rings. The van der Waals surface area contributed by atoms with Crippen LogP contribution in [0.4, 0.5) is 4.79 Å². The van der Waals surface area contributed by atoms with E-state index in [2.05, 4.69) is 10.1 Å². The first-order valence-corrected chi connectivity index (χ1v) is 7.20. The number of nitrogens with one attached hydrogen (secondary N) is 1. The Bertz CT molecular complexity index is 428. The van der Waals surface area contributed by atoms with Gasteiger partial charge in [0.05, 0.1) is 7.11 Å². The number of carbonyl (C=O) groups excluding carboxylic acids is 2. The number of esters is 1. The van der Waals surface area contributed by atoms with Gasteiger partial charge in [-0.05, 0) is 20.8 Å². The summed E-state index contributed by atoms with van der Waals surface area (Å²) in [5, 5.41) is 12.5. The number of methoxy groups -OCH3 is 1. The van der Waals surface area contributed by atoms with Gasteiger partial charge in [-0.25, -0.2) is 9.59 Å². The lowest BCUT2D eigenvalue weighted by Gasteiger charge is -2.31. The second-order valence-electron chi connectivity index (χ2n) is 6.24. The molecular weight excluding hydrogens is 290 g/mol. The van der Waals surface area contributed by atoms with Crippen LogP contribution in [0.1, 0.15) is 27.7 Å². The molecule has 0 aromatic heterocycles. The van der Waals surface area contributed by atoms with E-state index in [1.54, 1.807) is 32.9 Å². The standard InChI is InChI=1S/C15H25NO6/c1-9-6-7-11(21-12(9)13(18)20-5)10(17)8-16-14(19)22-15(2,3)4/h6-7,9-12,17H,8H2,1-5H3,(H,16,19)/t9-,10+,11-,12+/m0/s1. The summed E-state index contributed by atoms with van der Waals surface area (Å²) >= 11 is 0. The first-order valence-electron chi connectivity index (χ1n) is 7.20. The molecule has 1 amide bonds. The summed E-state index contributed by atoms with van der Waals surface area (Å²) in [4.78, 5) is 23.2. The summed E-state index contributed by atoms with van der Waals surface area (Å²) in [5.41, 5.74) is -0.609. The maximum atomic E-state index is 11.6. The highest BCUT2D eigenvalue weighted by Gasteiger charge is 2.34. The van der Waals surface area contributed by atoms with Crippen LogP contribution in [-0.4, -0.2) is 54.7 Å². The van der Waals surface area contributed by atoms with Crippen LogP contribution < -0.4 is 5.32 Å². The molecule has 0 saturated carbocycles. The lowest BCUT2D eigenvalue weighted by Crippen LogP contribution is -2.46. The minimum absolute atomic E-state index is 0.0494. The van der Waals surface area contributed by atoms with Crippen LogP contribution in [0.3, 0.4) is 0 Å². The van der Waals surface area contributed by atoms with E-state index in [4.69, 9.17) is 9.47 Å². The molecule has 7 nitrogen and oxygen atoms in total. The van der Waals surface area contributed by atoms with E-state index in [9.17, 15) is 14.7 Å². The Morgan fingerprint density at radius 2 is 2.00 bits per heavy atom. The Hall–Kier alpha value is -1.60. The molecule has 0 aromatic rings. The normalized spacial score (nSPS) is 26.2. The van der Waals surface area contributed by atoms with Gasteiger partial charge in [0, 0.05) is 12.5 Å². The molecule has 0 radical (unpaired) electrons. The van der Waals surface area contributed by atoms with Crippen molar-refractivity contribution >= 4 is 12.1 Å². The number of rotatable bonds is 4. The third-order valence-electron chi connectivity index (χ3n) is 3.05. The van der Waals surface area contributed by atoms with Crippen LogP contribution in [0.5, 0.6) is 0 Å². The van der Waals surface area contributed by atoms with Gasteiger partial charge in [-0.2, -0.15) is 0 Å². The largest absolute Gasteiger partial charge is 0.467 e. The van der Waals surface area contributed by atoms with Crippen molar-refractivity contribution in [2.45, 2.75) is 51.6 Å². The number of aliphatic hydroxyl groups is 1. The number of amides is 1. The molecule has 7 heteroatoms. The SMILES string of the molecule is COC(=O)[C@@H]1O[C@H]([C@H](O)CNC(=O)OC(C)(C)C)C=C[C@@H]1C. The van der Waals surface area contributed by atoms with Gasteiger partial charge in [-0.1, -0.05) is 19.1 Å². The average Bonchev–Trinajstić information content (AvgIpc) is 2.42. The number of aliphatic hydroxyl groups excluding tert-OH is 1. The molecule has 22 heavy (non-hydrogen) atoms. The third kappa shape index (κ3) is 5.65. The third-order valence-corrected chi connectivity index (χ3v) is 3.05. The van der Waals surface area contributed by atoms with E-state index in [0.717, 1.165) is 0 Å². The Morgan fingerprint density at radius 3 is 2.55 bits per heavy atom. The molecule has 1 heterocycles. The second-order valence-corrected chi connectivity index (χ2v) is 6.24. The van der Waals surface area contributed by atoms with E-state index in [1.807, 2.05) is 6.92 Å². The van der Waals surface area contributed by atoms with Crippen molar-refractivity contribution in [3.8, 4) is 0 Å². The molecule has 0 saturated heterocycles. The van der Waals surface area contributed by atoms with Crippen LogP contribution in [0.25, 0.3) is 0 Å². The van der Waals surface area contributed by atoms with Crippen LogP contribution >= 0.6 is 0 Å². The van der Waals surface area contributed by atoms with E-state index in [0.29, 0.717) is 0 Å². The van der Waals surface area contributed by atoms with Gasteiger partial charge in [0.15, 0.2) is 6.10 Å². The number of hydrogen-bond donors (Lipinski definition) is 2. The molecule has 0 spiro atoms. The Morgan fingerprint density at radius 1 is 1.36 bits per heavy atom. The molecule has 126 valence electrons. The highest BCUT2D eigenvalue weighted by molar-refractivity contribution is 5.75. The van der Waals surface area contributed by atoms with Gasteiger partial charge in [0.25, 0.3) is 0 Å². The Balaban J connectivity index is 2.52. The molecule has 4 atom stereocenters. The number of alkyl carbamates (subject to hydrolysis) is 1. The Kier molecular flexibility index (Phi) is 6.37. The van der Waals surface area contributed by atoms with Crippen LogP contribution in [0, 0.1) is 5.92 Å². The van der Waals surface area contributed by atoms with Crippen molar-refractivity contribution in [2.24, 2.45) is 5.92 Å². The summed E-state index contributed by atoms with van der Waals surface area (Å²) < 4.78 is 15.3. The molecule has 2 N–H and O–H groups in total. The molecular formula is C15H25NO6. The van der Waals surface area contributed by atoms with E-state index in [-0.39, 0.29) is 12.5 Å². The van der Waals surface area contributed by atoms with Gasteiger partial charge in [0.2, 0.25) is 0 Å². The quantitative estimate of drug-likeness (QED) is 0.594. The van der Waals surface area contributed by atoms with Crippen LogP contribution in [0.15, 0.2) is 12.2 Å². The van der Waals surface area contributed by atoms with Crippen molar-refractivity contribution in [3.05, 3.63) is 12.2 Å². The van der Waals surface area contributed by atoms with E-state index in [1.165, 1.54) is 7.11 Å². The van der Waals surface area contributed by atoms with Gasteiger partial charge in [-0.15, -0.1) is 0 Å². The van der Waals surface area contributed by atoms with Crippen LogP contribution in [0.2, 0.25) is 0 Å². The highest BCUT2D eigenvalue weighted by Crippen LogP contribution is 2.21. The predicted molar refractivity (Wildman–Crippen MR) is 79.2 cm³/mol. The molecule has 1 rings (SSSR count).